The second-order valence-electron chi connectivity index (χ2n) is 2.72. The summed E-state index contributed by atoms with van der Waals surface area (Å²) < 4.78 is 4.66. The number of amides is 1. The lowest BCUT2D eigenvalue weighted by atomic mass is 10.2. The summed E-state index contributed by atoms with van der Waals surface area (Å²) in [6.45, 7) is 1.90. The monoisotopic (exact) mass is 208 g/mol. The molecule has 0 aliphatic heterocycles. The molecule has 0 unspecified atom stereocenters. The van der Waals surface area contributed by atoms with E-state index in [1.807, 2.05) is 0 Å². The van der Waals surface area contributed by atoms with Crippen molar-refractivity contribution in [1.29, 1.82) is 0 Å². The largest absolute Gasteiger partial charge is 0.465 e. The zero-order valence-electron chi connectivity index (χ0n) is 8.40. The van der Waals surface area contributed by atoms with Gasteiger partial charge in [0, 0.05) is 18.0 Å². The van der Waals surface area contributed by atoms with Gasteiger partial charge in [0.15, 0.2) is 0 Å². The maximum atomic E-state index is 11.4. The molecule has 0 saturated carbocycles. The number of aromatic nitrogens is 1. The molecule has 80 valence electrons. The second-order valence-corrected chi connectivity index (χ2v) is 2.72. The van der Waals surface area contributed by atoms with Gasteiger partial charge in [0.05, 0.1) is 6.61 Å². The number of carbonyl (C=O) groups is 2. The van der Waals surface area contributed by atoms with Crippen molar-refractivity contribution in [2.45, 2.75) is 6.92 Å². The van der Waals surface area contributed by atoms with E-state index in [0.29, 0.717) is 12.2 Å². The highest BCUT2D eigenvalue weighted by molar-refractivity contribution is 5.95. The first-order chi connectivity index (χ1) is 7.24. The number of pyridine rings is 1. The van der Waals surface area contributed by atoms with Crippen molar-refractivity contribution in [1.82, 2.24) is 10.3 Å². The zero-order chi connectivity index (χ0) is 11.1. The number of nitrogens with zero attached hydrogens (tertiary/aromatic N) is 1. The number of hydrogen-bond acceptors (Lipinski definition) is 4. The molecule has 0 fully saturated rings. The Kier molecular flexibility index (Phi) is 4.28. The van der Waals surface area contributed by atoms with Crippen LogP contribution in [-0.4, -0.2) is 30.0 Å². The van der Waals surface area contributed by atoms with E-state index in [-0.39, 0.29) is 12.5 Å². The van der Waals surface area contributed by atoms with Crippen LogP contribution in [0, 0.1) is 0 Å². The fourth-order valence-electron chi connectivity index (χ4n) is 0.970. The van der Waals surface area contributed by atoms with Crippen molar-refractivity contribution in [2.75, 3.05) is 13.2 Å². The average molecular weight is 208 g/mol. The van der Waals surface area contributed by atoms with Crippen LogP contribution < -0.4 is 5.32 Å². The number of rotatable bonds is 4. The van der Waals surface area contributed by atoms with Crippen LogP contribution in [0.15, 0.2) is 24.5 Å². The van der Waals surface area contributed by atoms with Crippen LogP contribution >= 0.6 is 0 Å². The molecule has 5 nitrogen and oxygen atoms in total. The van der Waals surface area contributed by atoms with Crippen LogP contribution in [0.3, 0.4) is 0 Å². The molecule has 0 aliphatic rings. The number of hydrogen-bond donors (Lipinski definition) is 1. The van der Waals surface area contributed by atoms with Gasteiger partial charge in [-0.25, -0.2) is 0 Å². The topological polar surface area (TPSA) is 68.3 Å². The van der Waals surface area contributed by atoms with Crippen molar-refractivity contribution >= 4 is 11.9 Å². The van der Waals surface area contributed by atoms with E-state index >= 15 is 0 Å². The first-order valence-corrected chi connectivity index (χ1v) is 4.58. The van der Waals surface area contributed by atoms with Gasteiger partial charge < -0.3 is 10.1 Å². The Morgan fingerprint density at radius 2 is 2.07 bits per heavy atom. The molecule has 15 heavy (non-hydrogen) atoms. The molecule has 1 aromatic rings. The SMILES string of the molecule is CCOC(=O)CNC(=O)c1ccncc1. The molecular weight excluding hydrogens is 196 g/mol. The van der Waals surface area contributed by atoms with Crippen molar-refractivity contribution in [3.63, 3.8) is 0 Å². The Morgan fingerprint density at radius 3 is 2.67 bits per heavy atom. The Balaban J connectivity index is 2.40. The molecule has 1 amide bonds. The van der Waals surface area contributed by atoms with Gasteiger partial charge >= 0.3 is 5.97 Å². The maximum absolute atomic E-state index is 11.4. The van der Waals surface area contributed by atoms with Crippen LogP contribution in [0.2, 0.25) is 0 Å². The molecule has 0 aliphatic carbocycles. The van der Waals surface area contributed by atoms with Gasteiger partial charge in [-0.2, -0.15) is 0 Å². The van der Waals surface area contributed by atoms with Crippen LogP contribution in [0.25, 0.3) is 0 Å². The van der Waals surface area contributed by atoms with Crippen molar-refractivity contribution in [3.05, 3.63) is 30.1 Å². The standard InChI is InChI=1S/C10H12N2O3/c1-2-15-9(13)7-12-10(14)8-3-5-11-6-4-8/h3-6H,2,7H2,1H3,(H,12,14). The molecule has 0 saturated heterocycles. The lowest BCUT2D eigenvalue weighted by Gasteiger charge is -2.04. The minimum Gasteiger partial charge on any atom is -0.465 e. The summed E-state index contributed by atoms with van der Waals surface area (Å²) in [6, 6.07) is 3.14. The number of nitrogens with one attached hydrogen (secondary N) is 1. The predicted octanol–water partition coefficient (Wildman–Crippen LogP) is 0.374. The van der Waals surface area contributed by atoms with Crippen LogP contribution in [0.5, 0.6) is 0 Å². The highest BCUT2D eigenvalue weighted by Gasteiger charge is 2.07. The third kappa shape index (κ3) is 3.76. The lowest BCUT2D eigenvalue weighted by Crippen LogP contribution is -2.30. The van der Waals surface area contributed by atoms with Gasteiger partial charge in [0.2, 0.25) is 0 Å². The summed E-state index contributed by atoms with van der Waals surface area (Å²) in [4.78, 5) is 26.1. The molecule has 1 N–H and O–H groups in total. The molecule has 0 aromatic carbocycles. The van der Waals surface area contributed by atoms with E-state index in [9.17, 15) is 9.59 Å². The Bertz CT molecular complexity index is 338. The van der Waals surface area contributed by atoms with E-state index < -0.39 is 5.97 Å². The number of esters is 1. The quantitative estimate of drug-likeness (QED) is 0.726. The van der Waals surface area contributed by atoms with Gasteiger partial charge in [0.1, 0.15) is 6.54 Å². The lowest BCUT2D eigenvalue weighted by molar-refractivity contribution is -0.141. The maximum Gasteiger partial charge on any atom is 0.325 e. The van der Waals surface area contributed by atoms with Gasteiger partial charge in [-0.15, -0.1) is 0 Å². The Hall–Kier alpha value is -1.91. The van der Waals surface area contributed by atoms with Crippen LogP contribution in [0.1, 0.15) is 17.3 Å². The third-order valence-corrected chi connectivity index (χ3v) is 1.64. The van der Waals surface area contributed by atoms with E-state index in [1.54, 1.807) is 19.1 Å². The molecular formula is C10H12N2O3. The number of ether oxygens (including phenoxy) is 1. The molecule has 1 heterocycles. The number of carbonyl (C=O) groups excluding carboxylic acids is 2. The highest BCUT2D eigenvalue weighted by atomic mass is 16.5. The molecule has 1 aromatic heterocycles. The van der Waals surface area contributed by atoms with Crippen molar-refractivity contribution in [3.8, 4) is 0 Å². The molecule has 1 rings (SSSR count). The van der Waals surface area contributed by atoms with Crippen LogP contribution in [-0.2, 0) is 9.53 Å². The summed E-state index contributed by atoms with van der Waals surface area (Å²) >= 11 is 0. The smallest absolute Gasteiger partial charge is 0.325 e. The van der Waals surface area contributed by atoms with Crippen molar-refractivity contribution < 1.29 is 14.3 Å². The van der Waals surface area contributed by atoms with Gasteiger partial charge in [-0.1, -0.05) is 0 Å². The normalized spacial score (nSPS) is 9.40. The minimum absolute atomic E-state index is 0.116. The van der Waals surface area contributed by atoms with Crippen molar-refractivity contribution in [2.24, 2.45) is 0 Å². The van der Waals surface area contributed by atoms with E-state index in [2.05, 4.69) is 15.0 Å². The molecule has 0 bridgehead atoms. The Labute approximate surface area is 87.5 Å². The highest BCUT2D eigenvalue weighted by Crippen LogP contribution is 1.94. The fraction of sp³-hybridized carbons (Fsp3) is 0.300. The average Bonchev–Trinajstić information content (AvgIpc) is 2.27. The summed E-state index contributed by atoms with van der Waals surface area (Å²) in [5.41, 5.74) is 0.467. The fourth-order valence-corrected chi connectivity index (χ4v) is 0.970. The van der Waals surface area contributed by atoms with Gasteiger partial charge in [0.25, 0.3) is 5.91 Å². The summed E-state index contributed by atoms with van der Waals surface area (Å²) in [6.07, 6.45) is 3.03. The molecule has 0 radical (unpaired) electrons. The van der Waals surface area contributed by atoms with Gasteiger partial charge in [-0.3, -0.25) is 14.6 Å². The third-order valence-electron chi connectivity index (χ3n) is 1.64. The zero-order valence-corrected chi connectivity index (χ0v) is 8.40. The molecule has 0 spiro atoms. The first-order valence-electron chi connectivity index (χ1n) is 4.58. The molecule has 5 heteroatoms. The molecule has 0 atom stereocenters. The van der Waals surface area contributed by atoms with Crippen LogP contribution in [0.4, 0.5) is 0 Å². The Morgan fingerprint density at radius 1 is 1.40 bits per heavy atom. The summed E-state index contributed by atoms with van der Waals surface area (Å²) in [7, 11) is 0. The van der Waals surface area contributed by atoms with E-state index in [1.165, 1.54) is 12.4 Å². The summed E-state index contributed by atoms with van der Waals surface area (Å²) in [5.74, 6) is -0.759. The minimum atomic E-state index is -0.445. The second kappa shape index (κ2) is 5.74. The summed E-state index contributed by atoms with van der Waals surface area (Å²) in [5, 5.41) is 2.44. The van der Waals surface area contributed by atoms with E-state index in [0.717, 1.165) is 0 Å². The van der Waals surface area contributed by atoms with E-state index in [4.69, 9.17) is 0 Å². The predicted molar refractivity (Wildman–Crippen MR) is 53.2 cm³/mol. The first kappa shape index (κ1) is 11.2. The van der Waals surface area contributed by atoms with Gasteiger partial charge in [-0.05, 0) is 19.1 Å².